The Morgan fingerprint density at radius 2 is 2.10 bits per heavy atom. The number of nitrogens with one attached hydrogen (secondary N) is 1. The summed E-state index contributed by atoms with van der Waals surface area (Å²) in [6, 6.07) is 7.17. The Morgan fingerprint density at radius 3 is 2.76 bits per heavy atom. The Morgan fingerprint density at radius 1 is 1.33 bits per heavy atom. The van der Waals surface area contributed by atoms with E-state index in [1.165, 1.54) is 6.42 Å². The zero-order chi connectivity index (χ0) is 15.4. The number of likely N-dealkylation sites (tertiary alicyclic amines) is 1. The molecule has 1 saturated heterocycles. The second kappa shape index (κ2) is 6.74. The van der Waals surface area contributed by atoms with Gasteiger partial charge in [-0.05, 0) is 52.2 Å². The zero-order valence-corrected chi connectivity index (χ0v) is 13.1. The summed E-state index contributed by atoms with van der Waals surface area (Å²) < 4.78 is 0. The van der Waals surface area contributed by atoms with Crippen molar-refractivity contribution in [2.24, 2.45) is 0 Å². The lowest BCUT2D eigenvalue weighted by molar-refractivity contribution is -0.136. The minimum absolute atomic E-state index is 0.0169. The Kier molecular flexibility index (Phi) is 4.99. The van der Waals surface area contributed by atoms with Crippen LogP contribution in [-0.4, -0.2) is 35.3 Å². The number of nitrogens with zero attached hydrogens (tertiary/aromatic N) is 1. The van der Waals surface area contributed by atoms with E-state index in [2.05, 4.69) is 12.2 Å². The number of piperidine rings is 1. The van der Waals surface area contributed by atoms with Crippen molar-refractivity contribution in [1.82, 2.24) is 10.2 Å². The molecule has 1 aliphatic rings. The number of rotatable bonds is 3. The molecule has 2 atom stereocenters. The van der Waals surface area contributed by atoms with Gasteiger partial charge >= 0.3 is 0 Å². The predicted octanol–water partition coefficient (Wildman–Crippen LogP) is 2.51. The second-order valence-corrected chi connectivity index (χ2v) is 5.94. The molecule has 0 aliphatic carbocycles. The van der Waals surface area contributed by atoms with Gasteiger partial charge in [0.2, 0.25) is 5.91 Å². The fourth-order valence-electron chi connectivity index (χ4n) is 2.80. The van der Waals surface area contributed by atoms with Crippen LogP contribution in [0.15, 0.2) is 24.3 Å². The van der Waals surface area contributed by atoms with Crippen LogP contribution in [0, 0.1) is 6.92 Å². The largest absolute Gasteiger partial charge is 0.341 e. The van der Waals surface area contributed by atoms with Gasteiger partial charge in [-0.25, -0.2) is 0 Å². The van der Waals surface area contributed by atoms with E-state index in [4.69, 9.17) is 0 Å². The van der Waals surface area contributed by atoms with Crippen LogP contribution < -0.4 is 5.32 Å². The first kappa shape index (κ1) is 15.5. The molecule has 1 aliphatic heterocycles. The van der Waals surface area contributed by atoms with Crippen molar-refractivity contribution in [3.8, 4) is 0 Å². The van der Waals surface area contributed by atoms with E-state index in [-0.39, 0.29) is 17.9 Å². The van der Waals surface area contributed by atoms with Gasteiger partial charge in [-0.3, -0.25) is 9.59 Å². The quantitative estimate of drug-likeness (QED) is 0.929. The van der Waals surface area contributed by atoms with Gasteiger partial charge < -0.3 is 10.2 Å². The Bertz CT molecular complexity index is 527. The third kappa shape index (κ3) is 3.84. The average Bonchev–Trinajstić information content (AvgIpc) is 2.47. The summed E-state index contributed by atoms with van der Waals surface area (Å²) in [5, 5.41) is 2.81. The van der Waals surface area contributed by atoms with Gasteiger partial charge in [0.25, 0.3) is 5.91 Å². The lowest BCUT2D eigenvalue weighted by Gasteiger charge is -2.35. The van der Waals surface area contributed by atoms with Crippen LogP contribution in [0.25, 0.3) is 0 Å². The second-order valence-electron chi connectivity index (χ2n) is 5.94. The fourth-order valence-corrected chi connectivity index (χ4v) is 2.80. The molecular weight excluding hydrogens is 264 g/mol. The molecule has 1 aromatic rings. The van der Waals surface area contributed by atoms with Crippen molar-refractivity contribution in [2.45, 2.75) is 52.1 Å². The summed E-state index contributed by atoms with van der Waals surface area (Å²) in [5.74, 6) is -0.174. The van der Waals surface area contributed by atoms with E-state index >= 15 is 0 Å². The highest BCUT2D eigenvalue weighted by molar-refractivity contribution is 5.97. The summed E-state index contributed by atoms with van der Waals surface area (Å²) in [6.07, 6.45) is 3.27. The molecule has 0 radical (unpaired) electrons. The number of carbonyl (C=O) groups is 2. The van der Waals surface area contributed by atoms with Gasteiger partial charge in [-0.1, -0.05) is 17.7 Å². The van der Waals surface area contributed by atoms with Crippen molar-refractivity contribution >= 4 is 11.8 Å². The highest BCUT2D eigenvalue weighted by Gasteiger charge is 2.27. The van der Waals surface area contributed by atoms with E-state index in [0.717, 1.165) is 24.9 Å². The monoisotopic (exact) mass is 288 g/mol. The number of hydrogen-bond donors (Lipinski definition) is 1. The normalized spacial score (nSPS) is 20.0. The van der Waals surface area contributed by atoms with Crippen molar-refractivity contribution in [3.05, 3.63) is 35.4 Å². The van der Waals surface area contributed by atoms with Gasteiger partial charge in [0, 0.05) is 18.2 Å². The zero-order valence-electron chi connectivity index (χ0n) is 13.1. The molecule has 1 aromatic carbocycles. The molecular formula is C17H24N2O2. The molecule has 21 heavy (non-hydrogen) atoms. The van der Waals surface area contributed by atoms with E-state index < -0.39 is 6.04 Å². The molecule has 1 fully saturated rings. The molecule has 1 heterocycles. The van der Waals surface area contributed by atoms with Crippen molar-refractivity contribution in [3.63, 3.8) is 0 Å². The summed E-state index contributed by atoms with van der Waals surface area (Å²) in [4.78, 5) is 26.5. The van der Waals surface area contributed by atoms with Gasteiger partial charge in [0.05, 0.1) is 0 Å². The number of benzene rings is 1. The highest BCUT2D eigenvalue weighted by atomic mass is 16.2. The van der Waals surface area contributed by atoms with E-state index in [1.807, 2.05) is 30.0 Å². The third-order valence-corrected chi connectivity index (χ3v) is 4.08. The third-order valence-electron chi connectivity index (χ3n) is 4.08. The van der Waals surface area contributed by atoms with Gasteiger partial charge in [0.1, 0.15) is 6.04 Å². The Hall–Kier alpha value is -1.84. The van der Waals surface area contributed by atoms with Crippen molar-refractivity contribution in [2.75, 3.05) is 6.54 Å². The number of aryl methyl sites for hydroxylation is 1. The molecule has 2 rings (SSSR count). The lowest BCUT2D eigenvalue weighted by atomic mass is 10.0. The van der Waals surface area contributed by atoms with Crippen LogP contribution in [0.5, 0.6) is 0 Å². The molecule has 0 bridgehead atoms. The Labute approximate surface area is 126 Å². The summed E-state index contributed by atoms with van der Waals surface area (Å²) in [6.45, 7) is 6.58. The first-order valence-electron chi connectivity index (χ1n) is 7.67. The highest BCUT2D eigenvalue weighted by Crippen LogP contribution is 2.17. The van der Waals surface area contributed by atoms with E-state index in [9.17, 15) is 9.59 Å². The summed E-state index contributed by atoms with van der Waals surface area (Å²) in [7, 11) is 0. The summed E-state index contributed by atoms with van der Waals surface area (Å²) in [5.41, 5.74) is 1.63. The maximum absolute atomic E-state index is 12.5. The van der Waals surface area contributed by atoms with Gasteiger partial charge in [-0.2, -0.15) is 0 Å². The minimum Gasteiger partial charge on any atom is -0.341 e. The Balaban J connectivity index is 1.98. The molecule has 4 nitrogen and oxygen atoms in total. The first-order chi connectivity index (χ1) is 9.99. The molecule has 114 valence electrons. The maximum atomic E-state index is 12.5. The molecule has 2 amide bonds. The molecule has 2 unspecified atom stereocenters. The van der Waals surface area contributed by atoms with Crippen molar-refractivity contribution in [1.29, 1.82) is 0 Å². The average molecular weight is 288 g/mol. The van der Waals surface area contributed by atoms with Crippen LogP contribution in [-0.2, 0) is 4.79 Å². The predicted molar refractivity (Wildman–Crippen MR) is 83.1 cm³/mol. The van der Waals surface area contributed by atoms with Crippen LogP contribution >= 0.6 is 0 Å². The number of hydrogen-bond acceptors (Lipinski definition) is 2. The minimum atomic E-state index is -0.487. The molecule has 0 saturated carbocycles. The van der Waals surface area contributed by atoms with E-state index in [0.29, 0.717) is 5.56 Å². The van der Waals surface area contributed by atoms with Gasteiger partial charge in [-0.15, -0.1) is 0 Å². The number of carbonyl (C=O) groups excluding carboxylic acids is 2. The topological polar surface area (TPSA) is 49.4 Å². The van der Waals surface area contributed by atoms with Crippen LogP contribution in [0.1, 0.15) is 49.0 Å². The lowest BCUT2D eigenvalue weighted by Crippen LogP contribution is -2.51. The SMILES string of the molecule is Cc1cccc(C(=O)NC(C)C(=O)N2CCCCC2C)c1. The van der Waals surface area contributed by atoms with Crippen molar-refractivity contribution < 1.29 is 9.59 Å². The maximum Gasteiger partial charge on any atom is 0.251 e. The van der Waals surface area contributed by atoms with Crippen LogP contribution in [0.4, 0.5) is 0 Å². The standard InChI is InChI=1S/C17H24N2O2/c1-12-7-6-9-15(11-12)16(20)18-14(3)17(21)19-10-5-4-8-13(19)2/h6-7,9,11,13-14H,4-5,8,10H2,1-3H3,(H,18,20). The first-order valence-corrected chi connectivity index (χ1v) is 7.67. The van der Waals surface area contributed by atoms with Gasteiger partial charge in [0.15, 0.2) is 0 Å². The smallest absolute Gasteiger partial charge is 0.251 e. The fraction of sp³-hybridized carbons (Fsp3) is 0.529. The summed E-state index contributed by atoms with van der Waals surface area (Å²) >= 11 is 0. The number of amides is 2. The van der Waals surface area contributed by atoms with E-state index in [1.54, 1.807) is 13.0 Å². The van der Waals surface area contributed by atoms with Crippen LogP contribution in [0.3, 0.4) is 0 Å². The molecule has 1 N–H and O–H groups in total. The molecule has 0 spiro atoms. The van der Waals surface area contributed by atoms with Crippen LogP contribution in [0.2, 0.25) is 0 Å². The molecule has 0 aromatic heterocycles. The molecule has 4 heteroatoms.